The number of nitrogen functional groups attached to an aromatic ring is 1. The van der Waals surface area contributed by atoms with E-state index in [1.165, 1.54) is 12.8 Å². The summed E-state index contributed by atoms with van der Waals surface area (Å²) in [7, 11) is 0. The fourth-order valence-corrected chi connectivity index (χ4v) is 2.13. The van der Waals surface area contributed by atoms with Crippen molar-refractivity contribution in [2.24, 2.45) is 0 Å². The Kier molecular flexibility index (Phi) is 2.10. The summed E-state index contributed by atoms with van der Waals surface area (Å²) >= 11 is 0. The number of aromatic nitrogens is 1. The molecule has 0 aliphatic carbocycles. The van der Waals surface area contributed by atoms with Gasteiger partial charge in [0.2, 0.25) is 0 Å². The highest BCUT2D eigenvalue weighted by atomic mass is 15.3. The smallest absolute Gasteiger partial charge is 0.152 e. The van der Waals surface area contributed by atoms with Crippen LogP contribution in [0.4, 0.5) is 11.5 Å². The highest BCUT2D eigenvalue weighted by Gasteiger charge is 2.33. The third-order valence-electron chi connectivity index (χ3n) is 2.97. The lowest BCUT2D eigenvalue weighted by Crippen LogP contribution is -2.39. The van der Waals surface area contributed by atoms with Crippen molar-refractivity contribution in [2.75, 3.05) is 17.2 Å². The van der Waals surface area contributed by atoms with Gasteiger partial charge in [0.15, 0.2) is 5.82 Å². The Morgan fingerprint density at radius 3 is 2.86 bits per heavy atom. The van der Waals surface area contributed by atoms with Crippen LogP contribution in [-0.4, -0.2) is 17.1 Å². The molecule has 2 rings (SSSR count). The summed E-state index contributed by atoms with van der Waals surface area (Å²) in [5, 5.41) is 0. The van der Waals surface area contributed by atoms with E-state index in [9.17, 15) is 0 Å². The summed E-state index contributed by atoms with van der Waals surface area (Å²) in [4.78, 5) is 6.66. The minimum Gasteiger partial charge on any atom is -0.396 e. The molecule has 1 fully saturated rings. The second-order valence-corrected chi connectivity index (χ2v) is 4.48. The number of pyridine rings is 1. The van der Waals surface area contributed by atoms with Crippen LogP contribution in [-0.2, 0) is 0 Å². The van der Waals surface area contributed by atoms with Crippen molar-refractivity contribution in [3.8, 4) is 0 Å². The van der Waals surface area contributed by atoms with Gasteiger partial charge in [-0.25, -0.2) is 4.98 Å². The molecule has 14 heavy (non-hydrogen) atoms. The first kappa shape index (κ1) is 9.31. The standard InChI is InChI=1S/C11H17N3/c1-11(2)6-4-8-14(11)10-9(12)5-3-7-13-10/h3,5,7H,4,6,8,12H2,1-2H3. The molecule has 2 heterocycles. The van der Waals surface area contributed by atoms with Crippen LogP contribution in [0.15, 0.2) is 18.3 Å². The third-order valence-corrected chi connectivity index (χ3v) is 2.97. The second-order valence-electron chi connectivity index (χ2n) is 4.48. The highest BCUT2D eigenvalue weighted by molar-refractivity contribution is 5.63. The number of hydrogen-bond acceptors (Lipinski definition) is 3. The van der Waals surface area contributed by atoms with Crippen LogP contribution in [0.5, 0.6) is 0 Å². The maximum absolute atomic E-state index is 5.92. The van der Waals surface area contributed by atoms with Crippen LogP contribution in [0.25, 0.3) is 0 Å². The van der Waals surface area contributed by atoms with E-state index >= 15 is 0 Å². The molecule has 0 spiro atoms. The van der Waals surface area contributed by atoms with Crippen LogP contribution in [0.2, 0.25) is 0 Å². The summed E-state index contributed by atoms with van der Waals surface area (Å²) in [6.45, 7) is 5.55. The Bertz CT molecular complexity index is 333. The Balaban J connectivity index is 2.36. The molecule has 1 aliphatic rings. The van der Waals surface area contributed by atoms with Crippen LogP contribution < -0.4 is 10.6 Å². The summed E-state index contributed by atoms with van der Waals surface area (Å²) in [5.74, 6) is 0.940. The molecule has 0 amide bonds. The van der Waals surface area contributed by atoms with Gasteiger partial charge >= 0.3 is 0 Å². The normalized spacial score (nSPS) is 20.0. The van der Waals surface area contributed by atoms with Crippen LogP contribution >= 0.6 is 0 Å². The van der Waals surface area contributed by atoms with Crippen molar-refractivity contribution in [3.63, 3.8) is 0 Å². The van der Waals surface area contributed by atoms with E-state index in [-0.39, 0.29) is 5.54 Å². The zero-order valence-corrected chi connectivity index (χ0v) is 8.83. The predicted octanol–water partition coefficient (Wildman–Crippen LogP) is 2.04. The molecule has 3 nitrogen and oxygen atoms in total. The van der Waals surface area contributed by atoms with E-state index in [0.29, 0.717) is 0 Å². The van der Waals surface area contributed by atoms with Crippen molar-refractivity contribution in [1.29, 1.82) is 0 Å². The minimum absolute atomic E-state index is 0.197. The summed E-state index contributed by atoms with van der Waals surface area (Å²) in [6.07, 6.45) is 4.24. The molecule has 1 aromatic rings. The Labute approximate surface area is 84.9 Å². The zero-order chi connectivity index (χ0) is 10.2. The molecule has 0 aromatic carbocycles. The monoisotopic (exact) mass is 191 g/mol. The van der Waals surface area contributed by atoms with Crippen molar-refractivity contribution in [2.45, 2.75) is 32.2 Å². The van der Waals surface area contributed by atoms with Gasteiger partial charge in [0.05, 0.1) is 5.69 Å². The van der Waals surface area contributed by atoms with Gasteiger partial charge in [-0.15, -0.1) is 0 Å². The summed E-state index contributed by atoms with van der Waals surface area (Å²) in [5.41, 5.74) is 6.89. The van der Waals surface area contributed by atoms with Gasteiger partial charge < -0.3 is 10.6 Å². The average molecular weight is 191 g/mol. The maximum atomic E-state index is 5.92. The molecule has 2 N–H and O–H groups in total. The number of hydrogen-bond donors (Lipinski definition) is 1. The van der Waals surface area contributed by atoms with E-state index < -0.39 is 0 Å². The van der Waals surface area contributed by atoms with E-state index in [1.807, 2.05) is 12.1 Å². The Hall–Kier alpha value is -1.25. The largest absolute Gasteiger partial charge is 0.396 e. The first-order chi connectivity index (χ1) is 6.61. The zero-order valence-electron chi connectivity index (χ0n) is 8.83. The lowest BCUT2D eigenvalue weighted by atomic mass is 10.0. The fraction of sp³-hybridized carbons (Fsp3) is 0.545. The van der Waals surface area contributed by atoms with E-state index in [2.05, 4.69) is 23.7 Å². The molecule has 76 valence electrons. The van der Waals surface area contributed by atoms with E-state index in [4.69, 9.17) is 5.73 Å². The lowest BCUT2D eigenvalue weighted by molar-refractivity contribution is 0.515. The number of anilines is 2. The van der Waals surface area contributed by atoms with Crippen molar-refractivity contribution < 1.29 is 0 Å². The van der Waals surface area contributed by atoms with Gasteiger partial charge in [-0.2, -0.15) is 0 Å². The van der Waals surface area contributed by atoms with Gasteiger partial charge in [-0.3, -0.25) is 0 Å². The van der Waals surface area contributed by atoms with Gasteiger partial charge in [-0.1, -0.05) is 0 Å². The summed E-state index contributed by atoms with van der Waals surface area (Å²) in [6, 6.07) is 3.79. The SMILES string of the molecule is CC1(C)CCCN1c1ncccc1N. The summed E-state index contributed by atoms with van der Waals surface area (Å²) < 4.78 is 0. The maximum Gasteiger partial charge on any atom is 0.152 e. The average Bonchev–Trinajstić information content (AvgIpc) is 2.46. The first-order valence-corrected chi connectivity index (χ1v) is 5.09. The molecule has 0 atom stereocenters. The molecule has 0 bridgehead atoms. The van der Waals surface area contributed by atoms with Gasteiger partial charge in [0.25, 0.3) is 0 Å². The topological polar surface area (TPSA) is 42.2 Å². The molecule has 1 aromatic heterocycles. The molecule has 0 radical (unpaired) electrons. The number of rotatable bonds is 1. The van der Waals surface area contributed by atoms with Crippen LogP contribution in [0.1, 0.15) is 26.7 Å². The number of nitrogens with zero attached hydrogens (tertiary/aromatic N) is 2. The molecule has 0 unspecified atom stereocenters. The van der Waals surface area contributed by atoms with Crippen LogP contribution in [0.3, 0.4) is 0 Å². The van der Waals surface area contributed by atoms with Crippen LogP contribution in [0, 0.1) is 0 Å². The molecule has 1 aliphatic heterocycles. The molecule has 0 saturated carbocycles. The van der Waals surface area contributed by atoms with Crippen molar-refractivity contribution in [3.05, 3.63) is 18.3 Å². The minimum atomic E-state index is 0.197. The quantitative estimate of drug-likeness (QED) is 0.738. The molecular formula is C11H17N3. The van der Waals surface area contributed by atoms with Gasteiger partial charge in [-0.05, 0) is 38.8 Å². The third kappa shape index (κ3) is 1.43. The first-order valence-electron chi connectivity index (χ1n) is 5.09. The van der Waals surface area contributed by atoms with Gasteiger partial charge in [0.1, 0.15) is 0 Å². The Morgan fingerprint density at radius 2 is 2.29 bits per heavy atom. The lowest BCUT2D eigenvalue weighted by Gasteiger charge is -2.33. The van der Waals surface area contributed by atoms with Crippen molar-refractivity contribution in [1.82, 2.24) is 4.98 Å². The Morgan fingerprint density at radius 1 is 1.50 bits per heavy atom. The fourth-order valence-electron chi connectivity index (χ4n) is 2.13. The van der Waals surface area contributed by atoms with E-state index in [0.717, 1.165) is 18.1 Å². The molecular weight excluding hydrogens is 174 g/mol. The molecule has 3 heteroatoms. The second kappa shape index (κ2) is 3.15. The number of nitrogens with two attached hydrogens (primary N) is 1. The van der Waals surface area contributed by atoms with Gasteiger partial charge in [0, 0.05) is 18.3 Å². The highest BCUT2D eigenvalue weighted by Crippen LogP contribution is 2.34. The van der Waals surface area contributed by atoms with E-state index in [1.54, 1.807) is 6.20 Å². The van der Waals surface area contributed by atoms with Crippen molar-refractivity contribution >= 4 is 11.5 Å². The molecule has 1 saturated heterocycles. The predicted molar refractivity (Wildman–Crippen MR) is 59.3 cm³/mol.